The van der Waals surface area contributed by atoms with E-state index in [0.29, 0.717) is 5.56 Å². The Kier molecular flexibility index (Phi) is 6.65. The number of carboxylic acid groups (broad SMARTS) is 1. The minimum Gasteiger partial charge on any atom is -0.478 e. The number of aryl methyl sites for hydroxylation is 1. The first-order valence-corrected chi connectivity index (χ1v) is 7.82. The molecular formula is C19H23NO2. The molecule has 0 radical (unpaired) electrons. The molecule has 2 aromatic rings. The maximum atomic E-state index is 10.8. The van der Waals surface area contributed by atoms with E-state index in [4.69, 9.17) is 5.11 Å². The lowest BCUT2D eigenvalue weighted by atomic mass is 10.1. The van der Waals surface area contributed by atoms with Crippen LogP contribution < -0.4 is 5.32 Å². The standard InChI is InChI=1S/C19H23NO2/c21-19(22)18-12-10-17(11-13-18)15-20-14-6-2-5-9-16-7-3-1-4-8-16/h1,3-4,7-8,10-13,20H,2,5-6,9,14-15H2,(H,21,22). The Morgan fingerprint density at radius 3 is 2.27 bits per heavy atom. The van der Waals surface area contributed by atoms with Crippen LogP contribution in [0.15, 0.2) is 54.6 Å². The number of carboxylic acids is 1. The van der Waals surface area contributed by atoms with Gasteiger partial charge < -0.3 is 10.4 Å². The molecule has 0 aliphatic carbocycles. The van der Waals surface area contributed by atoms with Gasteiger partial charge in [0.25, 0.3) is 0 Å². The highest BCUT2D eigenvalue weighted by Gasteiger charge is 2.01. The van der Waals surface area contributed by atoms with E-state index in [2.05, 4.69) is 35.6 Å². The summed E-state index contributed by atoms with van der Waals surface area (Å²) >= 11 is 0. The van der Waals surface area contributed by atoms with Crippen LogP contribution in [0.25, 0.3) is 0 Å². The molecule has 0 amide bonds. The highest BCUT2D eigenvalue weighted by Crippen LogP contribution is 2.06. The molecule has 116 valence electrons. The number of hydrogen-bond donors (Lipinski definition) is 2. The van der Waals surface area contributed by atoms with Gasteiger partial charge in [0.2, 0.25) is 0 Å². The smallest absolute Gasteiger partial charge is 0.335 e. The molecule has 22 heavy (non-hydrogen) atoms. The van der Waals surface area contributed by atoms with Crippen molar-refractivity contribution in [2.75, 3.05) is 6.54 Å². The van der Waals surface area contributed by atoms with Gasteiger partial charge in [-0.25, -0.2) is 4.79 Å². The van der Waals surface area contributed by atoms with Crippen LogP contribution in [0.2, 0.25) is 0 Å². The van der Waals surface area contributed by atoms with Crippen LogP contribution in [-0.2, 0) is 13.0 Å². The summed E-state index contributed by atoms with van der Waals surface area (Å²) in [5, 5.41) is 12.2. The minimum atomic E-state index is -0.877. The molecule has 0 heterocycles. The molecular weight excluding hydrogens is 274 g/mol. The molecule has 0 aromatic heterocycles. The third-order valence-corrected chi connectivity index (χ3v) is 3.69. The Hall–Kier alpha value is -2.13. The zero-order valence-electron chi connectivity index (χ0n) is 12.8. The van der Waals surface area contributed by atoms with Gasteiger partial charge >= 0.3 is 5.97 Å². The van der Waals surface area contributed by atoms with Crippen LogP contribution in [0.4, 0.5) is 0 Å². The van der Waals surface area contributed by atoms with Crippen molar-refractivity contribution in [2.24, 2.45) is 0 Å². The fraction of sp³-hybridized carbons (Fsp3) is 0.316. The average molecular weight is 297 g/mol. The first-order valence-electron chi connectivity index (χ1n) is 7.82. The van der Waals surface area contributed by atoms with Gasteiger partial charge in [-0.3, -0.25) is 0 Å². The fourth-order valence-electron chi connectivity index (χ4n) is 2.40. The molecule has 0 aliphatic heterocycles. The van der Waals surface area contributed by atoms with Crippen molar-refractivity contribution in [1.29, 1.82) is 0 Å². The number of carbonyl (C=O) groups is 1. The van der Waals surface area contributed by atoms with E-state index in [0.717, 1.165) is 25.1 Å². The van der Waals surface area contributed by atoms with E-state index in [1.807, 2.05) is 12.1 Å². The van der Waals surface area contributed by atoms with Gasteiger partial charge in [0, 0.05) is 6.54 Å². The molecule has 3 nitrogen and oxygen atoms in total. The summed E-state index contributed by atoms with van der Waals surface area (Å²) in [6.07, 6.45) is 4.76. The maximum Gasteiger partial charge on any atom is 0.335 e. The predicted octanol–water partition coefficient (Wildman–Crippen LogP) is 3.89. The van der Waals surface area contributed by atoms with Crippen molar-refractivity contribution in [3.05, 3.63) is 71.3 Å². The summed E-state index contributed by atoms with van der Waals surface area (Å²) < 4.78 is 0. The first-order chi connectivity index (χ1) is 10.8. The lowest BCUT2D eigenvalue weighted by Crippen LogP contribution is -2.14. The quantitative estimate of drug-likeness (QED) is 0.690. The molecule has 0 saturated carbocycles. The van der Waals surface area contributed by atoms with Gasteiger partial charge in [0.05, 0.1) is 5.56 Å². The van der Waals surface area contributed by atoms with E-state index in [-0.39, 0.29) is 0 Å². The van der Waals surface area contributed by atoms with Crippen LogP contribution in [0, 0.1) is 0 Å². The van der Waals surface area contributed by atoms with Crippen molar-refractivity contribution in [3.8, 4) is 0 Å². The number of nitrogens with one attached hydrogen (secondary N) is 1. The summed E-state index contributed by atoms with van der Waals surface area (Å²) in [5.41, 5.74) is 2.87. The highest BCUT2D eigenvalue weighted by molar-refractivity contribution is 5.87. The van der Waals surface area contributed by atoms with Gasteiger partial charge in [-0.05, 0) is 49.1 Å². The minimum absolute atomic E-state index is 0.338. The van der Waals surface area contributed by atoms with Gasteiger partial charge in [-0.15, -0.1) is 0 Å². The topological polar surface area (TPSA) is 49.3 Å². The summed E-state index contributed by atoms with van der Waals surface area (Å²) in [5.74, 6) is -0.877. The Morgan fingerprint density at radius 2 is 1.59 bits per heavy atom. The molecule has 0 unspecified atom stereocenters. The van der Waals surface area contributed by atoms with Crippen molar-refractivity contribution in [1.82, 2.24) is 5.32 Å². The Balaban J connectivity index is 1.55. The summed E-state index contributed by atoms with van der Waals surface area (Å²) in [7, 11) is 0. The van der Waals surface area contributed by atoms with Crippen LogP contribution in [-0.4, -0.2) is 17.6 Å². The molecule has 0 bridgehead atoms. The van der Waals surface area contributed by atoms with Gasteiger partial charge in [0.1, 0.15) is 0 Å². The number of benzene rings is 2. The molecule has 2 rings (SSSR count). The van der Waals surface area contributed by atoms with Crippen molar-refractivity contribution < 1.29 is 9.90 Å². The lowest BCUT2D eigenvalue weighted by molar-refractivity contribution is 0.0697. The van der Waals surface area contributed by atoms with Crippen LogP contribution in [0.5, 0.6) is 0 Å². The zero-order chi connectivity index (χ0) is 15.6. The second-order valence-corrected chi connectivity index (χ2v) is 5.48. The fourth-order valence-corrected chi connectivity index (χ4v) is 2.40. The number of rotatable bonds is 9. The maximum absolute atomic E-state index is 10.8. The average Bonchev–Trinajstić information content (AvgIpc) is 2.55. The monoisotopic (exact) mass is 297 g/mol. The Labute approximate surface area is 132 Å². The summed E-state index contributed by atoms with van der Waals surface area (Å²) in [6, 6.07) is 17.6. The third kappa shape index (κ3) is 5.70. The molecule has 2 N–H and O–H groups in total. The molecule has 3 heteroatoms. The van der Waals surface area contributed by atoms with Crippen LogP contribution in [0.1, 0.15) is 40.7 Å². The van der Waals surface area contributed by atoms with E-state index in [9.17, 15) is 4.79 Å². The highest BCUT2D eigenvalue weighted by atomic mass is 16.4. The molecule has 0 saturated heterocycles. The van der Waals surface area contributed by atoms with Crippen LogP contribution >= 0.6 is 0 Å². The van der Waals surface area contributed by atoms with Crippen molar-refractivity contribution >= 4 is 5.97 Å². The third-order valence-electron chi connectivity index (χ3n) is 3.69. The SMILES string of the molecule is O=C(O)c1ccc(CNCCCCCc2ccccc2)cc1. The van der Waals surface area contributed by atoms with Gasteiger partial charge in [-0.2, -0.15) is 0 Å². The Bertz CT molecular complexity index is 564. The first kappa shape index (κ1) is 16.2. The van der Waals surface area contributed by atoms with Crippen molar-refractivity contribution in [2.45, 2.75) is 32.2 Å². The normalized spacial score (nSPS) is 10.5. The lowest BCUT2D eigenvalue weighted by Gasteiger charge is -2.06. The number of aromatic carboxylic acids is 1. The van der Waals surface area contributed by atoms with Gasteiger partial charge in [-0.1, -0.05) is 48.9 Å². The molecule has 0 aliphatic rings. The molecule has 0 atom stereocenters. The second-order valence-electron chi connectivity index (χ2n) is 5.48. The largest absolute Gasteiger partial charge is 0.478 e. The second kappa shape index (κ2) is 9.00. The van der Waals surface area contributed by atoms with Crippen molar-refractivity contribution in [3.63, 3.8) is 0 Å². The molecule has 0 spiro atoms. The van der Waals surface area contributed by atoms with Crippen LogP contribution in [0.3, 0.4) is 0 Å². The summed E-state index contributed by atoms with van der Waals surface area (Å²) in [4.78, 5) is 10.8. The zero-order valence-corrected chi connectivity index (χ0v) is 12.8. The van der Waals surface area contributed by atoms with E-state index in [1.54, 1.807) is 12.1 Å². The molecule has 2 aromatic carbocycles. The van der Waals surface area contributed by atoms with E-state index < -0.39 is 5.97 Å². The van der Waals surface area contributed by atoms with E-state index in [1.165, 1.54) is 24.8 Å². The number of hydrogen-bond acceptors (Lipinski definition) is 2. The van der Waals surface area contributed by atoms with E-state index >= 15 is 0 Å². The van der Waals surface area contributed by atoms with Gasteiger partial charge in [0.15, 0.2) is 0 Å². The predicted molar refractivity (Wildman–Crippen MR) is 89.1 cm³/mol. The Morgan fingerprint density at radius 1 is 0.864 bits per heavy atom. The molecule has 0 fully saturated rings. The summed E-state index contributed by atoms with van der Waals surface area (Å²) in [6.45, 7) is 1.79. The number of unbranched alkanes of at least 4 members (excludes halogenated alkanes) is 2.